The number of nitrogens with one attached hydrogen (secondary N) is 1. The van der Waals surface area contributed by atoms with Gasteiger partial charge in [0, 0.05) is 37.8 Å². The molecule has 26 heavy (non-hydrogen) atoms. The van der Waals surface area contributed by atoms with Crippen LogP contribution < -0.4 is 10.1 Å². The van der Waals surface area contributed by atoms with Gasteiger partial charge in [-0.15, -0.1) is 0 Å². The van der Waals surface area contributed by atoms with Gasteiger partial charge in [-0.25, -0.2) is 9.97 Å². The first kappa shape index (κ1) is 18.7. The van der Waals surface area contributed by atoms with Crippen molar-refractivity contribution in [3.8, 4) is 5.88 Å². The van der Waals surface area contributed by atoms with E-state index in [1.807, 2.05) is 6.07 Å². The van der Waals surface area contributed by atoms with E-state index in [4.69, 9.17) is 4.74 Å². The van der Waals surface area contributed by atoms with Gasteiger partial charge in [-0.2, -0.15) is 9.37 Å². The predicted molar refractivity (Wildman–Crippen MR) is 96.6 cm³/mol. The Hall–Kier alpha value is -2.13. The number of hydrogen-bond donors (Lipinski definition) is 1. The van der Waals surface area contributed by atoms with Gasteiger partial charge in [0.15, 0.2) is 5.13 Å². The maximum atomic E-state index is 14.1. The molecule has 3 rings (SSSR count). The molecule has 7 nitrogen and oxygen atoms in total. The van der Waals surface area contributed by atoms with E-state index in [2.05, 4.69) is 32.1 Å². The van der Waals surface area contributed by atoms with Gasteiger partial charge in [0.05, 0.1) is 12.0 Å². The van der Waals surface area contributed by atoms with Crippen LogP contribution in [0.2, 0.25) is 0 Å². The maximum absolute atomic E-state index is 14.1. The number of halogens is 1. The monoisotopic (exact) mass is 379 g/mol. The average molecular weight is 379 g/mol. The Morgan fingerprint density at radius 3 is 3.04 bits per heavy atom. The molecule has 2 atom stereocenters. The summed E-state index contributed by atoms with van der Waals surface area (Å²) in [6, 6.07) is 2.20. The van der Waals surface area contributed by atoms with Gasteiger partial charge in [-0.3, -0.25) is 9.69 Å². The lowest BCUT2D eigenvalue weighted by atomic mass is 10.0. The van der Waals surface area contributed by atoms with Crippen LogP contribution in [0.4, 0.5) is 9.52 Å². The number of carbonyl (C=O) groups excluding carboxylic acids is 1. The predicted octanol–water partition coefficient (Wildman–Crippen LogP) is 2.49. The van der Waals surface area contributed by atoms with Gasteiger partial charge in [0.25, 0.3) is 0 Å². The van der Waals surface area contributed by atoms with E-state index < -0.39 is 5.95 Å². The topological polar surface area (TPSA) is 80.2 Å². The van der Waals surface area contributed by atoms with Crippen molar-refractivity contribution in [3.05, 3.63) is 28.9 Å². The third kappa shape index (κ3) is 4.53. The molecule has 140 valence electrons. The van der Waals surface area contributed by atoms with E-state index in [-0.39, 0.29) is 5.91 Å². The number of hydrogen-bond acceptors (Lipinski definition) is 7. The molecule has 1 amide bonds. The number of nitrogens with zero attached hydrogens (tertiary/aromatic N) is 4. The van der Waals surface area contributed by atoms with Crippen LogP contribution in [0.5, 0.6) is 5.88 Å². The van der Waals surface area contributed by atoms with Crippen molar-refractivity contribution in [2.45, 2.75) is 39.3 Å². The fraction of sp³-hybridized carbons (Fsp3) is 0.529. The molecule has 1 aliphatic heterocycles. The molecule has 0 radical (unpaired) electrons. The zero-order chi connectivity index (χ0) is 18.7. The van der Waals surface area contributed by atoms with E-state index in [0.717, 1.165) is 25.1 Å². The first-order chi connectivity index (χ1) is 12.4. The fourth-order valence-electron chi connectivity index (χ4n) is 3.30. The van der Waals surface area contributed by atoms with Gasteiger partial charge >= 0.3 is 0 Å². The molecule has 0 unspecified atom stereocenters. The van der Waals surface area contributed by atoms with Crippen LogP contribution in [0.15, 0.2) is 12.4 Å². The number of methoxy groups -OCH3 is 1. The Bertz CT molecular complexity index is 784. The van der Waals surface area contributed by atoms with E-state index in [0.29, 0.717) is 34.4 Å². The lowest BCUT2D eigenvalue weighted by molar-refractivity contribution is -0.114. The van der Waals surface area contributed by atoms with Gasteiger partial charge in [-0.1, -0.05) is 11.3 Å². The Morgan fingerprint density at radius 2 is 2.31 bits per heavy atom. The normalized spacial score (nSPS) is 20.3. The van der Waals surface area contributed by atoms with Gasteiger partial charge in [0.2, 0.25) is 17.7 Å². The van der Waals surface area contributed by atoms with Crippen LogP contribution in [-0.4, -0.2) is 45.5 Å². The number of ether oxygens (including phenoxy) is 1. The molecular weight excluding hydrogens is 357 g/mol. The minimum absolute atomic E-state index is 0.250. The third-order valence-corrected chi connectivity index (χ3v) is 5.41. The van der Waals surface area contributed by atoms with Crippen molar-refractivity contribution in [1.82, 2.24) is 19.9 Å². The molecule has 2 aromatic heterocycles. The van der Waals surface area contributed by atoms with Crippen LogP contribution in [-0.2, 0) is 17.8 Å². The molecule has 0 saturated carbocycles. The molecule has 1 aliphatic rings. The van der Waals surface area contributed by atoms with Gasteiger partial charge in [-0.05, 0) is 25.7 Å². The highest BCUT2D eigenvalue weighted by atomic mass is 32.1. The summed E-state index contributed by atoms with van der Waals surface area (Å²) in [5.74, 6) is 0.251. The van der Waals surface area contributed by atoms with Crippen molar-refractivity contribution in [2.24, 2.45) is 5.92 Å². The van der Waals surface area contributed by atoms with Crippen LogP contribution in [0.3, 0.4) is 0 Å². The number of rotatable bonds is 6. The Labute approximate surface area is 155 Å². The highest BCUT2D eigenvalue weighted by Crippen LogP contribution is 2.30. The van der Waals surface area contributed by atoms with Gasteiger partial charge < -0.3 is 10.1 Å². The van der Waals surface area contributed by atoms with Crippen molar-refractivity contribution in [1.29, 1.82) is 0 Å². The first-order valence-corrected chi connectivity index (χ1v) is 9.28. The first-order valence-electron chi connectivity index (χ1n) is 8.46. The maximum Gasteiger partial charge on any atom is 0.230 e. The summed E-state index contributed by atoms with van der Waals surface area (Å²) in [6.07, 6.45) is 3.37. The standard InChI is InChI=1S/C17H22FN5O2S/c1-10-4-12(5-13-6-15(25-3)20-9-19-13)7-23(10)8-14-16(18)22-17(26-14)21-11(2)24/h6,9-10,12H,4-5,7-8H2,1-3H3,(H,21,22,24)/t10-,12-/m1/s1. The molecule has 9 heteroatoms. The van der Waals surface area contributed by atoms with Crippen LogP contribution in [0.1, 0.15) is 30.8 Å². The summed E-state index contributed by atoms with van der Waals surface area (Å²) in [7, 11) is 1.59. The largest absolute Gasteiger partial charge is 0.481 e. The number of likely N-dealkylation sites (tertiary alicyclic amines) is 1. The molecule has 0 bridgehead atoms. The lowest BCUT2D eigenvalue weighted by Gasteiger charge is -2.19. The van der Waals surface area contributed by atoms with Crippen molar-refractivity contribution in [3.63, 3.8) is 0 Å². The summed E-state index contributed by atoms with van der Waals surface area (Å²) in [6.45, 7) is 4.89. The number of aromatic nitrogens is 3. The summed E-state index contributed by atoms with van der Waals surface area (Å²) in [4.78, 5) is 26.0. The van der Waals surface area contributed by atoms with E-state index >= 15 is 0 Å². The zero-order valence-electron chi connectivity index (χ0n) is 15.0. The number of carbonyl (C=O) groups is 1. The zero-order valence-corrected chi connectivity index (χ0v) is 15.8. The average Bonchev–Trinajstić information content (AvgIpc) is 3.09. The second kappa shape index (κ2) is 8.05. The fourth-order valence-corrected chi connectivity index (χ4v) is 4.22. The quantitative estimate of drug-likeness (QED) is 0.831. The third-order valence-electron chi connectivity index (χ3n) is 4.48. The summed E-state index contributed by atoms with van der Waals surface area (Å²) in [5.41, 5.74) is 0.952. The van der Waals surface area contributed by atoms with Crippen LogP contribution in [0, 0.1) is 11.9 Å². The summed E-state index contributed by atoms with van der Waals surface area (Å²) in [5, 5.41) is 2.85. The van der Waals surface area contributed by atoms with Crippen LogP contribution >= 0.6 is 11.3 Å². The smallest absolute Gasteiger partial charge is 0.230 e. The second-order valence-corrected chi connectivity index (χ2v) is 7.63. The Morgan fingerprint density at radius 1 is 1.50 bits per heavy atom. The summed E-state index contributed by atoms with van der Waals surface area (Å²) < 4.78 is 19.2. The van der Waals surface area contributed by atoms with E-state index in [1.165, 1.54) is 24.6 Å². The lowest BCUT2D eigenvalue weighted by Crippen LogP contribution is -2.26. The number of amides is 1. The van der Waals surface area contributed by atoms with E-state index in [9.17, 15) is 9.18 Å². The molecule has 1 N–H and O–H groups in total. The highest BCUT2D eigenvalue weighted by Gasteiger charge is 2.30. The van der Waals surface area contributed by atoms with Crippen molar-refractivity contribution >= 4 is 22.4 Å². The van der Waals surface area contributed by atoms with Crippen molar-refractivity contribution in [2.75, 3.05) is 19.0 Å². The highest BCUT2D eigenvalue weighted by molar-refractivity contribution is 7.15. The molecule has 0 aromatic carbocycles. The van der Waals surface area contributed by atoms with Crippen molar-refractivity contribution < 1.29 is 13.9 Å². The Kier molecular flexibility index (Phi) is 5.77. The molecule has 2 aromatic rings. The molecule has 0 aliphatic carbocycles. The Balaban J connectivity index is 1.62. The molecule has 1 saturated heterocycles. The van der Waals surface area contributed by atoms with E-state index in [1.54, 1.807) is 7.11 Å². The number of anilines is 1. The molecule has 3 heterocycles. The second-order valence-electron chi connectivity index (χ2n) is 6.55. The molecule has 0 spiro atoms. The minimum atomic E-state index is -0.505. The SMILES string of the molecule is COc1cc(C[C@H]2C[C@@H](C)N(Cc3sc(NC(C)=O)nc3F)C2)ncn1. The van der Waals surface area contributed by atoms with Gasteiger partial charge in [0.1, 0.15) is 6.33 Å². The molecular formula is C17H22FN5O2S. The molecule has 1 fully saturated rings. The number of thiazole rings is 1. The minimum Gasteiger partial charge on any atom is -0.481 e. The van der Waals surface area contributed by atoms with Crippen LogP contribution in [0.25, 0.3) is 0 Å². The summed E-state index contributed by atoms with van der Waals surface area (Å²) >= 11 is 1.19.